The van der Waals surface area contributed by atoms with Gasteiger partial charge in [0.15, 0.2) is 11.5 Å². The van der Waals surface area contributed by atoms with Gasteiger partial charge in [0, 0.05) is 0 Å². The lowest BCUT2D eigenvalue weighted by Gasteiger charge is -2.12. The molecule has 0 aliphatic rings. The lowest BCUT2D eigenvalue weighted by molar-refractivity contribution is 0.310. The van der Waals surface area contributed by atoms with Crippen molar-refractivity contribution in [3.63, 3.8) is 0 Å². The molecule has 16 heavy (non-hydrogen) atoms. The molecule has 0 aliphatic carbocycles. The fourth-order valence-corrected chi connectivity index (χ4v) is 1.58. The normalized spacial score (nSPS) is 11.6. The molecule has 3 nitrogen and oxygen atoms in total. The Balaban J connectivity index is 3.04. The van der Waals surface area contributed by atoms with E-state index in [1.54, 1.807) is 7.11 Å². The average Bonchev–Trinajstić information content (AvgIpc) is 2.32. The zero-order valence-corrected chi connectivity index (χ0v) is 9.99. The smallest absolute Gasteiger partial charge is 0.161 e. The van der Waals surface area contributed by atoms with Crippen LogP contribution in [0.3, 0.4) is 0 Å². The Bertz CT molecular complexity index is 382. The summed E-state index contributed by atoms with van der Waals surface area (Å²) >= 11 is 0. The lowest BCUT2D eigenvalue weighted by Crippen LogP contribution is -1.98. The van der Waals surface area contributed by atoms with Gasteiger partial charge >= 0.3 is 0 Å². The third-order valence-corrected chi connectivity index (χ3v) is 2.45. The summed E-state index contributed by atoms with van der Waals surface area (Å²) in [5.41, 5.74) is 0.977. The largest absolute Gasteiger partial charge is 0.493 e. The van der Waals surface area contributed by atoms with Gasteiger partial charge in [0.05, 0.1) is 25.7 Å². The van der Waals surface area contributed by atoms with E-state index < -0.39 is 0 Å². The molecule has 3 heteroatoms. The van der Waals surface area contributed by atoms with Crippen molar-refractivity contribution in [2.24, 2.45) is 0 Å². The molecule has 0 radical (unpaired) electrons. The van der Waals surface area contributed by atoms with Gasteiger partial charge in [-0.25, -0.2) is 0 Å². The summed E-state index contributed by atoms with van der Waals surface area (Å²) in [6.45, 7) is 4.53. The van der Waals surface area contributed by atoms with Gasteiger partial charge in [-0.15, -0.1) is 0 Å². The first-order chi connectivity index (χ1) is 7.76. The minimum Gasteiger partial charge on any atom is -0.493 e. The molecular weight excluding hydrogens is 202 g/mol. The SMILES string of the molecule is CCOc1ccc(C(C#N)CC)cc1OC. The van der Waals surface area contributed by atoms with Gasteiger partial charge in [-0.2, -0.15) is 5.26 Å². The molecule has 1 aromatic carbocycles. The summed E-state index contributed by atoms with van der Waals surface area (Å²) in [5, 5.41) is 8.99. The van der Waals surface area contributed by atoms with Gasteiger partial charge in [0.25, 0.3) is 0 Å². The van der Waals surface area contributed by atoms with Crippen LogP contribution >= 0.6 is 0 Å². The minimum absolute atomic E-state index is 0.0791. The Morgan fingerprint density at radius 3 is 2.56 bits per heavy atom. The van der Waals surface area contributed by atoms with Crippen LogP contribution < -0.4 is 9.47 Å². The molecule has 0 saturated carbocycles. The number of ether oxygens (including phenoxy) is 2. The Labute approximate surface area is 96.6 Å². The number of nitriles is 1. The topological polar surface area (TPSA) is 42.2 Å². The fraction of sp³-hybridized carbons (Fsp3) is 0.462. The van der Waals surface area contributed by atoms with Crippen LogP contribution in [0, 0.1) is 11.3 Å². The van der Waals surface area contributed by atoms with E-state index in [1.165, 1.54) is 0 Å². The third kappa shape index (κ3) is 2.66. The Kier molecular flexibility index (Phi) is 4.65. The van der Waals surface area contributed by atoms with Crippen molar-refractivity contribution in [1.82, 2.24) is 0 Å². The molecular formula is C13H17NO2. The standard InChI is InChI=1S/C13H17NO2/c1-4-10(9-14)11-6-7-12(16-5-2)13(8-11)15-3/h6-8,10H,4-5H2,1-3H3. The summed E-state index contributed by atoms with van der Waals surface area (Å²) < 4.78 is 10.7. The number of hydrogen-bond donors (Lipinski definition) is 0. The van der Waals surface area contributed by atoms with E-state index >= 15 is 0 Å². The Morgan fingerprint density at radius 2 is 2.06 bits per heavy atom. The molecule has 0 aliphatic heterocycles. The van der Waals surface area contributed by atoms with E-state index in [1.807, 2.05) is 32.0 Å². The van der Waals surface area contributed by atoms with Gasteiger partial charge in [-0.3, -0.25) is 0 Å². The molecule has 0 N–H and O–H groups in total. The highest BCUT2D eigenvalue weighted by Gasteiger charge is 2.11. The molecule has 1 atom stereocenters. The molecule has 0 spiro atoms. The summed E-state index contributed by atoms with van der Waals surface area (Å²) in [6, 6.07) is 7.93. The molecule has 0 heterocycles. The van der Waals surface area contributed by atoms with Crippen molar-refractivity contribution in [3.8, 4) is 17.6 Å². The van der Waals surface area contributed by atoms with Crippen LogP contribution in [0.2, 0.25) is 0 Å². The molecule has 1 rings (SSSR count). The summed E-state index contributed by atoms with van der Waals surface area (Å²) in [7, 11) is 1.61. The van der Waals surface area contributed by atoms with Crippen molar-refractivity contribution in [3.05, 3.63) is 23.8 Å². The van der Waals surface area contributed by atoms with Crippen LogP contribution in [0.1, 0.15) is 31.7 Å². The van der Waals surface area contributed by atoms with Crippen LogP contribution in [0.15, 0.2) is 18.2 Å². The second-order valence-electron chi connectivity index (χ2n) is 3.43. The van der Waals surface area contributed by atoms with Gasteiger partial charge in [0.1, 0.15) is 0 Å². The molecule has 0 saturated heterocycles. The molecule has 0 bridgehead atoms. The first kappa shape index (κ1) is 12.4. The van der Waals surface area contributed by atoms with Crippen molar-refractivity contribution in [2.45, 2.75) is 26.2 Å². The quantitative estimate of drug-likeness (QED) is 0.764. The zero-order chi connectivity index (χ0) is 12.0. The van der Waals surface area contributed by atoms with E-state index in [-0.39, 0.29) is 5.92 Å². The average molecular weight is 219 g/mol. The van der Waals surface area contributed by atoms with E-state index in [2.05, 4.69) is 6.07 Å². The third-order valence-electron chi connectivity index (χ3n) is 2.45. The van der Waals surface area contributed by atoms with Crippen molar-refractivity contribution in [2.75, 3.05) is 13.7 Å². The fourth-order valence-electron chi connectivity index (χ4n) is 1.58. The Hall–Kier alpha value is -1.69. The van der Waals surface area contributed by atoms with Gasteiger partial charge in [-0.1, -0.05) is 13.0 Å². The van der Waals surface area contributed by atoms with E-state index in [0.29, 0.717) is 12.4 Å². The lowest BCUT2D eigenvalue weighted by atomic mass is 9.98. The highest BCUT2D eigenvalue weighted by Crippen LogP contribution is 2.31. The first-order valence-electron chi connectivity index (χ1n) is 5.47. The predicted molar refractivity (Wildman–Crippen MR) is 62.8 cm³/mol. The maximum atomic E-state index is 8.99. The van der Waals surface area contributed by atoms with Crippen molar-refractivity contribution in [1.29, 1.82) is 5.26 Å². The molecule has 0 amide bonds. The van der Waals surface area contributed by atoms with Crippen LogP contribution in [-0.2, 0) is 0 Å². The van der Waals surface area contributed by atoms with Gasteiger partial charge in [-0.05, 0) is 31.0 Å². The first-order valence-corrected chi connectivity index (χ1v) is 5.47. The summed E-state index contributed by atoms with van der Waals surface area (Å²) in [6.07, 6.45) is 0.799. The van der Waals surface area contributed by atoms with E-state index in [4.69, 9.17) is 14.7 Å². The number of hydrogen-bond acceptors (Lipinski definition) is 3. The Morgan fingerprint density at radius 1 is 1.31 bits per heavy atom. The predicted octanol–water partition coefficient (Wildman–Crippen LogP) is 3.11. The highest BCUT2D eigenvalue weighted by molar-refractivity contribution is 5.44. The van der Waals surface area contributed by atoms with Crippen LogP contribution in [0.5, 0.6) is 11.5 Å². The second-order valence-corrected chi connectivity index (χ2v) is 3.43. The molecule has 86 valence electrons. The maximum Gasteiger partial charge on any atom is 0.161 e. The zero-order valence-electron chi connectivity index (χ0n) is 9.99. The molecule has 0 aromatic heterocycles. The number of rotatable bonds is 5. The minimum atomic E-state index is -0.0791. The molecule has 1 aromatic rings. The monoisotopic (exact) mass is 219 g/mol. The number of benzene rings is 1. The molecule has 1 unspecified atom stereocenters. The number of methoxy groups -OCH3 is 1. The number of nitrogens with zero attached hydrogens (tertiary/aromatic N) is 1. The second kappa shape index (κ2) is 6.02. The molecule has 0 fully saturated rings. The highest BCUT2D eigenvalue weighted by atomic mass is 16.5. The van der Waals surface area contributed by atoms with Crippen LogP contribution in [0.25, 0.3) is 0 Å². The van der Waals surface area contributed by atoms with Crippen molar-refractivity contribution < 1.29 is 9.47 Å². The maximum absolute atomic E-state index is 8.99. The van der Waals surface area contributed by atoms with Gasteiger partial charge < -0.3 is 9.47 Å². The van der Waals surface area contributed by atoms with Crippen molar-refractivity contribution >= 4 is 0 Å². The summed E-state index contributed by atoms with van der Waals surface area (Å²) in [5.74, 6) is 1.33. The van der Waals surface area contributed by atoms with Crippen LogP contribution in [0.4, 0.5) is 0 Å². The summed E-state index contributed by atoms with van der Waals surface area (Å²) in [4.78, 5) is 0. The van der Waals surface area contributed by atoms with Gasteiger partial charge in [0.2, 0.25) is 0 Å². The van der Waals surface area contributed by atoms with E-state index in [0.717, 1.165) is 17.7 Å². The van der Waals surface area contributed by atoms with E-state index in [9.17, 15) is 0 Å². The van der Waals surface area contributed by atoms with Crippen LogP contribution in [-0.4, -0.2) is 13.7 Å².